The number of allylic oxidation sites excluding steroid dienone is 1. The molecule has 0 aliphatic carbocycles. The van der Waals surface area contributed by atoms with Gasteiger partial charge in [0.1, 0.15) is 0 Å². The predicted octanol–water partition coefficient (Wildman–Crippen LogP) is 1.80. The topological polar surface area (TPSA) is 70.0 Å². The summed E-state index contributed by atoms with van der Waals surface area (Å²) in [5.74, 6) is -0.211. The van der Waals surface area contributed by atoms with Crippen molar-refractivity contribution in [2.45, 2.75) is 0 Å². The van der Waals surface area contributed by atoms with E-state index in [1.165, 1.54) is 24.5 Å². The van der Waals surface area contributed by atoms with E-state index in [1.807, 2.05) is 12.1 Å². The van der Waals surface area contributed by atoms with Gasteiger partial charge in [0.15, 0.2) is 18.2 Å². The molecule has 0 radical (unpaired) electrons. The van der Waals surface area contributed by atoms with Gasteiger partial charge >= 0.3 is 0 Å². The van der Waals surface area contributed by atoms with Gasteiger partial charge in [0.2, 0.25) is 0 Å². The number of hydrogen-bond acceptors (Lipinski definition) is 3. The molecule has 0 atom stereocenters. The third kappa shape index (κ3) is 2.95. The number of anilines is 1. The van der Waals surface area contributed by atoms with Crippen LogP contribution in [0.2, 0.25) is 0 Å². The molecule has 0 saturated heterocycles. The van der Waals surface area contributed by atoms with Crippen molar-refractivity contribution in [2.24, 2.45) is 0 Å². The maximum atomic E-state index is 11.8. The zero-order chi connectivity index (χ0) is 13.0. The van der Waals surface area contributed by atoms with Crippen LogP contribution in [0, 0.1) is 5.21 Å². The van der Waals surface area contributed by atoms with E-state index in [0.29, 0.717) is 16.0 Å². The van der Waals surface area contributed by atoms with Crippen LogP contribution in [0.5, 0.6) is 0 Å². The summed E-state index contributed by atoms with van der Waals surface area (Å²) in [6.45, 7) is 0. The number of hydrogen-bond donors (Lipinski definition) is 1. The van der Waals surface area contributed by atoms with E-state index >= 15 is 0 Å². The molecule has 4 heteroatoms. The molecule has 1 heterocycles. The highest BCUT2D eigenvalue weighted by molar-refractivity contribution is 6.06. The number of carbonyl (C=O) groups excluding carboxylic acids is 1. The minimum atomic E-state index is -0.211. The molecule has 1 aromatic heterocycles. The number of pyridine rings is 1. The monoisotopic (exact) mass is 240 g/mol. The molecule has 90 valence electrons. The highest BCUT2D eigenvalue weighted by Crippen LogP contribution is 2.08. The Bertz CT molecular complexity index is 589. The van der Waals surface area contributed by atoms with Crippen molar-refractivity contribution < 1.29 is 9.52 Å². The quantitative estimate of drug-likeness (QED) is 0.292. The Kier molecular flexibility index (Phi) is 3.38. The number of benzene rings is 1. The fourth-order valence-electron chi connectivity index (χ4n) is 1.48. The van der Waals surface area contributed by atoms with E-state index in [4.69, 9.17) is 5.73 Å². The van der Waals surface area contributed by atoms with Gasteiger partial charge in [-0.05, 0) is 29.8 Å². The number of carbonyl (C=O) groups is 1. The molecule has 0 fully saturated rings. The van der Waals surface area contributed by atoms with E-state index in [1.54, 1.807) is 24.3 Å². The molecule has 4 nitrogen and oxygen atoms in total. The second-order valence-electron chi connectivity index (χ2n) is 3.82. The lowest BCUT2D eigenvalue weighted by atomic mass is 10.1. The maximum Gasteiger partial charge on any atom is 0.191 e. The van der Waals surface area contributed by atoms with Crippen molar-refractivity contribution in [2.75, 3.05) is 5.73 Å². The molecule has 0 unspecified atom stereocenters. The van der Waals surface area contributed by atoms with Crippen molar-refractivity contribution in [1.29, 1.82) is 0 Å². The average molecular weight is 240 g/mol. The number of aromatic nitrogens is 1. The lowest BCUT2D eigenvalue weighted by molar-refractivity contribution is -0.605. The summed E-state index contributed by atoms with van der Waals surface area (Å²) in [7, 11) is 0. The fraction of sp³-hybridized carbons (Fsp3) is 0. The highest BCUT2D eigenvalue weighted by Gasteiger charge is 2.04. The Morgan fingerprint density at radius 2 is 1.94 bits per heavy atom. The molecule has 0 saturated carbocycles. The van der Waals surface area contributed by atoms with Gasteiger partial charge in [0.25, 0.3) is 0 Å². The van der Waals surface area contributed by atoms with E-state index in [2.05, 4.69) is 0 Å². The lowest BCUT2D eigenvalue weighted by Gasteiger charge is -1.97. The molecule has 0 aliphatic heterocycles. The van der Waals surface area contributed by atoms with Crippen LogP contribution in [0.25, 0.3) is 6.08 Å². The van der Waals surface area contributed by atoms with Crippen LogP contribution >= 0.6 is 0 Å². The van der Waals surface area contributed by atoms with E-state index in [0.717, 1.165) is 5.56 Å². The molecule has 0 spiro atoms. The second kappa shape index (κ2) is 5.14. The Hall–Kier alpha value is -2.62. The van der Waals surface area contributed by atoms with Crippen LogP contribution in [0.1, 0.15) is 15.9 Å². The summed E-state index contributed by atoms with van der Waals surface area (Å²) in [6.07, 6.45) is 5.70. The highest BCUT2D eigenvalue weighted by atomic mass is 16.5. The van der Waals surface area contributed by atoms with Crippen molar-refractivity contribution in [3.05, 3.63) is 71.2 Å². The molecule has 0 amide bonds. The summed E-state index contributed by atoms with van der Waals surface area (Å²) in [5.41, 5.74) is 7.48. The van der Waals surface area contributed by atoms with Crippen molar-refractivity contribution in [3.63, 3.8) is 0 Å². The van der Waals surface area contributed by atoms with E-state index < -0.39 is 0 Å². The van der Waals surface area contributed by atoms with Crippen LogP contribution in [0.4, 0.5) is 5.69 Å². The van der Waals surface area contributed by atoms with Gasteiger partial charge in [-0.25, -0.2) is 0 Å². The SMILES string of the molecule is Nc1ccc(/C=C/C(=O)c2ccc[n+]([O-])c2)cc1. The minimum Gasteiger partial charge on any atom is -0.619 e. The van der Waals surface area contributed by atoms with Gasteiger partial charge in [-0.15, -0.1) is 0 Å². The standard InChI is InChI=1S/C14H12N2O2/c15-13-6-3-11(4-7-13)5-8-14(17)12-2-1-9-16(18)10-12/h1-10H,15H2/b8-5+. The molecular formula is C14H12N2O2. The van der Waals surface area contributed by atoms with E-state index in [-0.39, 0.29) is 5.78 Å². The molecule has 1 aromatic carbocycles. The first kappa shape index (κ1) is 11.9. The normalized spacial score (nSPS) is 10.7. The number of nitrogens with two attached hydrogens (primary N) is 1. The first-order chi connectivity index (χ1) is 8.65. The Balaban J connectivity index is 2.14. The van der Waals surface area contributed by atoms with Crippen molar-refractivity contribution in [3.8, 4) is 0 Å². The second-order valence-corrected chi connectivity index (χ2v) is 3.82. The largest absolute Gasteiger partial charge is 0.619 e. The fourth-order valence-corrected chi connectivity index (χ4v) is 1.48. The summed E-state index contributed by atoms with van der Waals surface area (Å²) < 4.78 is 0.601. The van der Waals surface area contributed by atoms with Crippen LogP contribution < -0.4 is 10.5 Å². The smallest absolute Gasteiger partial charge is 0.191 e. The molecule has 2 aromatic rings. The van der Waals surface area contributed by atoms with E-state index in [9.17, 15) is 10.0 Å². The molecule has 0 bridgehead atoms. The predicted molar refractivity (Wildman–Crippen MR) is 69.6 cm³/mol. The summed E-state index contributed by atoms with van der Waals surface area (Å²) in [6, 6.07) is 10.3. The molecular weight excluding hydrogens is 228 g/mol. The summed E-state index contributed by atoms with van der Waals surface area (Å²) in [5, 5.41) is 11.0. The lowest BCUT2D eigenvalue weighted by Crippen LogP contribution is -2.25. The average Bonchev–Trinajstić information content (AvgIpc) is 2.38. The van der Waals surface area contributed by atoms with Crippen LogP contribution in [-0.4, -0.2) is 5.78 Å². The van der Waals surface area contributed by atoms with Crippen LogP contribution in [-0.2, 0) is 0 Å². The number of rotatable bonds is 3. The van der Waals surface area contributed by atoms with Gasteiger partial charge in [-0.1, -0.05) is 18.2 Å². The first-order valence-electron chi connectivity index (χ1n) is 5.42. The summed E-state index contributed by atoms with van der Waals surface area (Å²) >= 11 is 0. The molecule has 0 aliphatic rings. The van der Waals surface area contributed by atoms with Gasteiger partial charge in [0, 0.05) is 11.8 Å². The number of nitrogens with zero attached hydrogens (tertiary/aromatic N) is 1. The number of nitrogen functional groups attached to an aromatic ring is 1. The Morgan fingerprint density at radius 1 is 1.22 bits per heavy atom. The maximum absolute atomic E-state index is 11.8. The van der Waals surface area contributed by atoms with Gasteiger partial charge in [0.05, 0.1) is 5.56 Å². The van der Waals surface area contributed by atoms with Gasteiger partial charge in [-0.2, -0.15) is 4.73 Å². The Morgan fingerprint density at radius 3 is 2.61 bits per heavy atom. The third-order valence-electron chi connectivity index (χ3n) is 2.42. The number of ketones is 1. The van der Waals surface area contributed by atoms with Crippen LogP contribution in [0.15, 0.2) is 54.9 Å². The van der Waals surface area contributed by atoms with Gasteiger partial charge < -0.3 is 10.9 Å². The first-order valence-corrected chi connectivity index (χ1v) is 5.42. The minimum absolute atomic E-state index is 0.211. The van der Waals surface area contributed by atoms with Gasteiger partial charge in [-0.3, -0.25) is 4.79 Å². The molecule has 18 heavy (non-hydrogen) atoms. The van der Waals surface area contributed by atoms with Crippen molar-refractivity contribution >= 4 is 17.5 Å². The summed E-state index contributed by atoms with van der Waals surface area (Å²) in [4.78, 5) is 11.8. The third-order valence-corrected chi connectivity index (χ3v) is 2.42. The Labute approximate surface area is 105 Å². The molecule has 2 rings (SSSR count). The van der Waals surface area contributed by atoms with Crippen LogP contribution in [0.3, 0.4) is 0 Å². The van der Waals surface area contributed by atoms with Crippen molar-refractivity contribution in [1.82, 2.24) is 0 Å². The molecule has 2 N–H and O–H groups in total. The zero-order valence-corrected chi connectivity index (χ0v) is 9.61. The zero-order valence-electron chi connectivity index (χ0n) is 9.61.